The summed E-state index contributed by atoms with van der Waals surface area (Å²) in [6.07, 6.45) is -4.36. The van der Waals surface area contributed by atoms with Crippen molar-refractivity contribution in [3.05, 3.63) is 29.8 Å². The molecule has 0 N–H and O–H groups in total. The predicted octanol–water partition coefficient (Wildman–Crippen LogP) is 2.10. The van der Waals surface area contributed by atoms with Crippen LogP contribution in [-0.4, -0.2) is 69.7 Å². The third-order valence-electron chi connectivity index (χ3n) is 4.80. The van der Waals surface area contributed by atoms with Crippen LogP contribution >= 0.6 is 0 Å². The molecular weight excluding hydrogens is 417 g/mol. The van der Waals surface area contributed by atoms with Crippen molar-refractivity contribution in [3.63, 3.8) is 0 Å². The third-order valence-corrected chi connectivity index (χ3v) is 4.80. The standard InChI is InChI=1S/C18H21F3N8O2/c1-2-30-11-10-29-24-15(23-26-29)16-22-17(25-31-16)28-8-6-27(7-9-28)14-5-3-4-13(12-14)18(19,20)21/h3-5,12H,2,6-11H2,1H3. The molecule has 1 fully saturated rings. The average molecular weight is 438 g/mol. The number of halogens is 3. The lowest BCUT2D eigenvalue weighted by Gasteiger charge is -2.35. The van der Waals surface area contributed by atoms with E-state index in [1.54, 1.807) is 6.07 Å². The predicted molar refractivity (Wildman–Crippen MR) is 103 cm³/mol. The highest BCUT2D eigenvalue weighted by molar-refractivity contribution is 5.51. The fourth-order valence-corrected chi connectivity index (χ4v) is 3.19. The first-order valence-corrected chi connectivity index (χ1v) is 9.81. The monoisotopic (exact) mass is 438 g/mol. The highest BCUT2D eigenvalue weighted by atomic mass is 19.4. The number of aromatic nitrogens is 6. The van der Waals surface area contributed by atoms with Crippen LogP contribution < -0.4 is 9.80 Å². The molecule has 10 nitrogen and oxygen atoms in total. The first-order valence-electron chi connectivity index (χ1n) is 9.81. The quantitative estimate of drug-likeness (QED) is 0.514. The van der Waals surface area contributed by atoms with Crippen molar-refractivity contribution in [2.24, 2.45) is 0 Å². The van der Waals surface area contributed by atoms with Gasteiger partial charge in [-0.25, -0.2) is 0 Å². The summed E-state index contributed by atoms with van der Waals surface area (Å²) in [6, 6.07) is 5.34. The summed E-state index contributed by atoms with van der Waals surface area (Å²) >= 11 is 0. The second kappa shape index (κ2) is 8.88. The van der Waals surface area contributed by atoms with Gasteiger partial charge >= 0.3 is 12.1 Å². The average Bonchev–Trinajstić information content (AvgIpc) is 3.43. The molecule has 0 atom stereocenters. The van der Waals surface area contributed by atoms with Gasteiger partial charge in [0.15, 0.2) is 0 Å². The van der Waals surface area contributed by atoms with E-state index in [1.165, 1.54) is 16.9 Å². The second-order valence-corrected chi connectivity index (χ2v) is 6.83. The van der Waals surface area contributed by atoms with Crippen molar-refractivity contribution in [2.45, 2.75) is 19.6 Å². The zero-order valence-electron chi connectivity index (χ0n) is 16.8. The molecule has 0 saturated carbocycles. The summed E-state index contributed by atoms with van der Waals surface area (Å²) in [5.74, 6) is 0.750. The summed E-state index contributed by atoms with van der Waals surface area (Å²) in [5, 5.41) is 16.0. The van der Waals surface area contributed by atoms with Crippen LogP contribution in [0.25, 0.3) is 11.7 Å². The van der Waals surface area contributed by atoms with E-state index in [4.69, 9.17) is 9.26 Å². The molecule has 0 spiro atoms. The number of hydrogen-bond acceptors (Lipinski definition) is 9. The lowest BCUT2D eigenvalue weighted by molar-refractivity contribution is -0.137. The van der Waals surface area contributed by atoms with Gasteiger partial charge in [0.2, 0.25) is 0 Å². The Morgan fingerprint density at radius 3 is 2.65 bits per heavy atom. The minimum Gasteiger partial charge on any atom is -0.380 e. The van der Waals surface area contributed by atoms with E-state index in [0.29, 0.717) is 57.6 Å². The van der Waals surface area contributed by atoms with Gasteiger partial charge in [-0.2, -0.15) is 23.0 Å². The van der Waals surface area contributed by atoms with Crippen LogP contribution in [0.2, 0.25) is 0 Å². The zero-order valence-corrected chi connectivity index (χ0v) is 16.8. The lowest BCUT2D eigenvalue weighted by Crippen LogP contribution is -2.47. The molecule has 13 heteroatoms. The Kier molecular flexibility index (Phi) is 6.02. The summed E-state index contributed by atoms with van der Waals surface area (Å²) in [5.41, 5.74) is -0.117. The Morgan fingerprint density at radius 2 is 1.90 bits per heavy atom. The molecule has 2 aromatic heterocycles. The Morgan fingerprint density at radius 1 is 1.13 bits per heavy atom. The normalized spacial score (nSPS) is 15.0. The van der Waals surface area contributed by atoms with Gasteiger partial charge in [-0.15, -0.1) is 10.2 Å². The van der Waals surface area contributed by atoms with Crippen LogP contribution in [0.3, 0.4) is 0 Å². The maximum absolute atomic E-state index is 13.0. The van der Waals surface area contributed by atoms with Crippen LogP contribution in [0.15, 0.2) is 28.8 Å². The Balaban J connectivity index is 1.36. The second-order valence-electron chi connectivity index (χ2n) is 6.83. The maximum Gasteiger partial charge on any atom is 0.416 e. The van der Waals surface area contributed by atoms with Crippen LogP contribution in [0.4, 0.5) is 24.8 Å². The van der Waals surface area contributed by atoms with E-state index in [0.717, 1.165) is 6.07 Å². The number of ether oxygens (including phenoxy) is 1. The van der Waals surface area contributed by atoms with E-state index < -0.39 is 11.7 Å². The topological polar surface area (TPSA) is 98.2 Å². The summed E-state index contributed by atoms with van der Waals surface area (Å²) in [7, 11) is 0. The first kappa shape index (κ1) is 21.0. The third kappa shape index (κ3) is 4.93. The minimum atomic E-state index is -4.36. The van der Waals surface area contributed by atoms with Crippen molar-refractivity contribution in [3.8, 4) is 11.7 Å². The molecule has 166 valence electrons. The molecular formula is C18H21F3N8O2. The number of hydrogen-bond donors (Lipinski definition) is 0. The van der Waals surface area contributed by atoms with Gasteiger partial charge in [0.25, 0.3) is 11.8 Å². The van der Waals surface area contributed by atoms with Crippen LogP contribution in [-0.2, 0) is 17.5 Å². The van der Waals surface area contributed by atoms with Crippen molar-refractivity contribution >= 4 is 11.6 Å². The van der Waals surface area contributed by atoms with Crippen molar-refractivity contribution in [1.82, 2.24) is 30.3 Å². The van der Waals surface area contributed by atoms with Crippen molar-refractivity contribution in [2.75, 3.05) is 49.2 Å². The molecule has 3 aromatic rings. The molecule has 0 unspecified atom stereocenters. The number of anilines is 2. The summed E-state index contributed by atoms with van der Waals surface area (Å²) < 4.78 is 49.4. The number of nitrogens with zero attached hydrogens (tertiary/aromatic N) is 8. The SMILES string of the molecule is CCOCCn1nnc(-c2nc(N3CCN(c4cccc(C(F)(F)F)c4)CC3)no2)n1. The van der Waals surface area contributed by atoms with Gasteiger partial charge in [-0.1, -0.05) is 6.07 Å². The van der Waals surface area contributed by atoms with E-state index in [2.05, 4.69) is 25.6 Å². The Hall–Kier alpha value is -3.22. The number of tetrazole rings is 1. The van der Waals surface area contributed by atoms with Crippen molar-refractivity contribution < 1.29 is 22.4 Å². The van der Waals surface area contributed by atoms with E-state index in [1.807, 2.05) is 16.7 Å². The largest absolute Gasteiger partial charge is 0.416 e. The lowest BCUT2D eigenvalue weighted by atomic mass is 10.1. The van der Waals surface area contributed by atoms with Crippen LogP contribution in [0, 0.1) is 0 Å². The molecule has 1 aromatic carbocycles. The molecule has 3 heterocycles. The number of alkyl halides is 3. The molecule has 0 amide bonds. The molecule has 4 rings (SSSR count). The van der Waals surface area contributed by atoms with Gasteiger partial charge in [0.05, 0.1) is 18.7 Å². The van der Waals surface area contributed by atoms with Crippen LogP contribution in [0.1, 0.15) is 12.5 Å². The highest BCUT2D eigenvalue weighted by Gasteiger charge is 2.31. The fourth-order valence-electron chi connectivity index (χ4n) is 3.19. The molecule has 0 bridgehead atoms. The smallest absolute Gasteiger partial charge is 0.380 e. The summed E-state index contributed by atoms with van der Waals surface area (Å²) in [4.78, 5) is 9.52. The molecule has 0 radical (unpaired) electrons. The van der Waals surface area contributed by atoms with Crippen molar-refractivity contribution in [1.29, 1.82) is 0 Å². The summed E-state index contributed by atoms with van der Waals surface area (Å²) in [6.45, 7) is 5.55. The molecule has 31 heavy (non-hydrogen) atoms. The fraction of sp³-hybridized carbons (Fsp3) is 0.500. The Labute approximate surface area is 175 Å². The molecule has 0 aliphatic carbocycles. The van der Waals surface area contributed by atoms with Gasteiger partial charge in [-0.3, -0.25) is 0 Å². The van der Waals surface area contributed by atoms with Gasteiger partial charge < -0.3 is 19.1 Å². The van der Waals surface area contributed by atoms with Crippen LogP contribution in [0.5, 0.6) is 0 Å². The highest BCUT2D eigenvalue weighted by Crippen LogP contribution is 2.32. The van der Waals surface area contributed by atoms with Gasteiger partial charge in [0, 0.05) is 38.5 Å². The molecule has 1 aliphatic rings. The van der Waals surface area contributed by atoms with E-state index >= 15 is 0 Å². The maximum atomic E-state index is 13.0. The zero-order chi connectivity index (χ0) is 21.8. The van der Waals surface area contributed by atoms with Gasteiger partial charge in [0.1, 0.15) is 0 Å². The first-order chi connectivity index (χ1) is 14.9. The number of piperazine rings is 1. The molecule has 1 saturated heterocycles. The number of rotatable bonds is 7. The molecule has 1 aliphatic heterocycles. The number of benzene rings is 1. The van der Waals surface area contributed by atoms with Gasteiger partial charge in [-0.05, 0) is 35.5 Å². The minimum absolute atomic E-state index is 0.151. The Bertz CT molecular complexity index is 998. The van der Waals surface area contributed by atoms with E-state index in [-0.39, 0.29) is 11.7 Å². The van der Waals surface area contributed by atoms with E-state index in [9.17, 15) is 13.2 Å².